The number of aromatic nitrogens is 1. The number of carbonyl (C=O) groups excluding carboxylic acids is 2. The first kappa shape index (κ1) is 18.5. The lowest BCUT2D eigenvalue weighted by atomic mass is 9.83. The van der Waals surface area contributed by atoms with Crippen molar-refractivity contribution in [3.8, 4) is 6.07 Å². The Hall–Kier alpha value is -2.81. The highest BCUT2D eigenvalue weighted by Gasteiger charge is 2.37. The smallest absolute Gasteiger partial charge is 0.240 e. The molecule has 146 valence electrons. The number of nitrogens with zero attached hydrogens (tertiary/aromatic N) is 2. The van der Waals surface area contributed by atoms with E-state index in [0.717, 1.165) is 49.4 Å². The van der Waals surface area contributed by atoms with Gasteiger partial charge >= 0.3 is 0 Å². The summed E-state index contributed by atoms with van der Waals surface area (Å²) in [6, 6.07) is 11.6. The van der Waals surface area contributed by atoms with Crippen LogP contribution in [0.2, 0.25) is 0 Å². The van der Waals surface area contributed by atoms with Crippen molar-refractivity contribution < 1.29 is 9.59 Å². The van der Waals surface area contributed by atoms with Crippen molar-refractivity contribution >= 4 is 22.7 Å². The van der Waals surface area contributed by atoms with Crippen LogP contribution in [-0.4, -0.2) is 28.5 Å². The van der Waals surface area contributed by atoms with Gasteiger partial charge in [-0.05, 0) is 49.1 Å². The van der Waals surface area contributed by atoms with E-state index >= 15 is 0 Å². The molecule has 2 aliphatic carbocycles. The molecule has 6 nitrogen and oxygen atoms in total. The van der Waals surface area contributed by atoms with Gasteiger partial charge in [0.2, 0.25) is 11.8 Å². The lowest BCUT2D eigenvalue weighted by Crippen LogP contribution is -2.51. The third-order valence-electron chi connectivity index (χ3n) is 5.97. The highest BCUT2D eigenvalue weighted by molar-refractivity contribution is 5.84. The Balaban J connectivity index is 1.39. The molecule has 1 unspecified atom stereocenters. The first-order valence-electron chi connectivity index (χ1n) is 10.2. The molecule has 4 rings (SSSR count). The molecule has 1 heterocycles. The first-order valence-corrected chi connectivity index (χ1v) is 10.2. The number of hydrogen-bond donors (Lipinski definition) is 2. The van der Waals surface area contributed by atoms with E-state index in [1.54, 1.807) is 0 Å². The van der Waals surface area contributed by atoms with E-state index in [9.17, 15) is 14.9 Å². The van der Waals surface area contributed by atoms with E-state index in [4.69, 9.17) is 0 Å². The molecule has 0 spiro atoms. The van der Waals surface area contributed by atoms with Crippen LogP contribution in [0.5, 0.6) is 0 Å². The maximum atomic E-state index is 12.8. The molecule has 2 aromatic rings. The van der Waals surface area contributed by atoms with Crippen LogP contribution in [0.25, 0.3) is 10.9 Å². The van der Waals surface area contributed by atoms with Crippen LogP contribution < -0.4 is 10.6 Å². The molecule has 28 heavy (non-hydrogen) atoms. The zero-order chi connectivity index (χ0) is 19.5. The second-order valence-electron chi connectivity index (χ2n) is 8.02. The summed E-state index contributed by atoms with van der Waals surface area (Å²) in [5, 5.41) is 16.4. The largest absolute Gasteiger partial charge is 0.351 e. The van der Waals surface area contributed by atoms with Gasteiger partial charge in [0.05, 0.1) is 12.0 Å². The second-order valence-corrected chi connectivity index (χ2v) is 8.02. The first-order chi connectivity index (χ1) is 13.7. The molecule has 2 aliphatic rings. The van der Waals surface area contributed by atoms with E-state index in [2.05, 4.69) is 16.7 Å². The van der Waals surface area contributed by atoms with Crippen molar-refractivity contribution in [2.75, 3.05) is 0 Å². The maximum Gasteiger partial charge on any atom is 0.240 e. The zero-order valence-electron chi connectivity index (χ0n) is 15.9. The number of amides is 2. The molecule has 1 aromatic carbocycles. The third kappa shape index (κ3) is 4.04. The molecule has 6 heteroatoms. The summed E-state index contributed by atoms with van der Waals surface area (Å²) in [5.41, 5.74) is 1.02. The van der Waals surface area contributed by atoms with Crippen molar-refractivity contribution in [3.63, 3.8) is 0 Å². The molecule has 0 aliphatic heterocycles. The minimum atomic E-state index is -0.392. The summed E-state index contributed by atoms with van der Waals surface area (Å²) in [7, 11) is 0. The fourth-order valence-corrected chi connectivity index (χ4v) is 4.25. The number of rotatable bonds is 6. The summed E-state index contributed by atoms with van der Waals surface area (Å²) in [6.07, 6.45) is 7.48. The molecule has 2 amide bonds. The Labute approximate surface area is 164 Å². The van der Waals surface area contributed by atoms with Crippen LogP contribution in [0.15, 0.2) is 36.5 Å². The molecular formula is C22H26N4O2. The highest BCUT2D eigenvalue weighted by atomic mass is 16.2. The maximum absolute atomic E-state index is 12.8. The lowest BCUT2D eigenvalue weighted by molar-refractivity contribution is -0.129. The molecule has 2 fully saturated rings. The van der Waals surface area contributed by atoms with Gasteiger partial charge in [0.15, 0.2) is 0 Å². The van der Waals surface area contributed by atoms with Gasteiger partial charge in [-0.25, -0.2) is 0 Å². The average molecular weight is 378 g/mol. The second kappa shape index (κ2) is 8.05. The van der Waals surface area contributed by atoms with Gasteiger partial charge in [0, 0.05) is 17.8 Å². The number of fused-ring (bicyclic) bond motifs is 1. The number of para-hydroxylation sites is 1. The highest BCUT2D eigenvalue weighted by Crippen LogP contribution is 2.33. The van der Waals surface area contributed by atoms with Crippen molar-refractivity contribution in [1.29, 1.82) is 5.26 Å². The quantitative estimate of drug-likeness (QED) is 0.810. The van der Waals surface area contributed by atoms with Crippen molar-refractivity contribution in [3.05, 3.63) is 36.5 Å². The van der Waals surface area contributed by atoms with E-state index in [1.165, 1.54) is 0 Å². The van der Waals surface area contributed by atoms with Crippen LogP contribution in [0.3, 0.4) is 0 Å². The monoisotopic (exact) mass is 378 g/mol. The summed E-state index contributed by atoms with van der Waals surface area (Å²) >= 11 is 0. The Kier molecular flexibility index (Phi) is 5.34. The minimum Gasteiger partial charge on any atom is -0.351 e. The van der Waals surface area contributed by atoms with Gasteiger partial charge in [-0.1, -0.05) is 31.0 Å². The van der Waals surface area contributed by atoms with Crippen LogP contribution in [-0.2, 0) is 16.1 Å². The number of benzene rings is 1. The van der Waals surface area contributed by atoms with Crippen molar-refractivity contribution in [1.82, 2.24) is 15.2 Å². The van der Waals surface area contributed by atoms with E-state index in [1.807, 2.05) is 41.1 Å². The van der Waals surface area contributed by atoms with E-state index in [0.29, 0.717) is 5.92 Å². The Morgan fingerprint density at radius 3 is 2.71 bits per heavy atom. The Morgan fingerprint density at radius 2 is 1.93 bits per heavy atom. The van der Waals surface area contributed by atoms with Crippen LogP contribution >= 0.6 is 0 Å². The molecule has 2 saturated carbocycles. The molecular weight excluding hydrogens is 352 g/mol. The summed E-state index contributed by atoms with van der Waals surface area (Å²) in [6.45, 7) is 0.237. The lowest BCUT2D eigenvalue weighted by Gasteiger charge is -2.32. The predicted octanol–water partition coefficient (Wildman–Crippen LogP) is 2.73. The summed E-state index contributed by atoms with van der Waals surface area (Å²) < 4.78 is 1.93. The van der Waals surface area contributed by atoms with Crippen LogP contribution in [0, 0.1) is 23.2 Å². The number of hydrogen-bond acceptors (Lipinski definition) is 3. The molecule has 0 saturated heterocycles. The fraction of sp³-hybridized carbons (Fsp3) is 0.500. The Bertz CT molecular complexity index is 909. The molecule has 0 bridgehead atoms. The van der Waals surface area contributed by atoms with Gasteiger partial charge in [-0.3, -0.25) is 9.59 Å². The van der Waals surface area contributed by atoms with Gasteiger partial charge in [-0.15, -0.1) is 0 Å². The van der Waals surface area contributed by atoms with Gasteiger partial charge < -0.3 is 15.2 Å². The number of nitriles is 1. The molecule has 1 aromatic heterocycles. The normalized spacial score (nSPS) is 23.0. The van der Waals surface area contributed by atoms with E-state index in [-0.39, 0.29) is 30.3 Å². The predicted molar refractivity (Wildman–Crippen MR) is 106 cm³/mol. The number of carbonyl (C=O) groups is 2. The third-order valence-corrected chi connectivity index (χ3v) is 5.97. The molecule has 3 atom stereocenters. The topological polar surface area (TPSA) is 86.9 Å². The standard InChI is InChI=1S/C22H26N4O2/c23-13-19(15-9-10-15)25-22(28)17-6-2-3-7-18(17)24-21(27)14-26-12-11-16-5-1-4-8-20(16)26/h1,4-5,8,11-12,15,17-19H,2-3,6-7,9-10,14H2,(H,24,27)(H,25,28)/t17-,18+,19?/m1/s1. The number of nitrogens with one attached hydrogen (secondary N) is 2. The van der Waals surface area contributed by atoms with Gasteiger partial charge in [0.25, 0.3) is 0 Å². The minimum absolute atomic E-state index is 0.0786. The van der Waals surface area contributed by atoms with Gasteiger partial charge in [-0.2, -0.15) is 5.26 Å². The van der Waals surface area contributed by atoms with Crippen molar-refractivity contribution in [2.24, 2.45) is 11.8 Å². The van der Waals surface area contributed by atoms with Crippen LogP contribution in [0.1, 0.15) is 38.5 Å². The summed E-state index contributed by atoms with van der Waals surface area (Å²) in [5.74, 6) is -0.124. The Morgan fingerprint density at radius 1 is 1.14 bits per heavy atom. The summed E-state index contributed by atoms with van der Waals surface area (Å²) in [4.78, 5) is 25.4. The zero-order valence-corrected chi connectivity index (χ0v) is 15.9. The average Bonchev–Trinajstić information content (AvgIpc) is 3.48. The fourth-order valence-electron chi connectivity index (χ4n) is 4.25. The van der Waals surface area contributed by atoms with Gasteiger partial charge in [0.1, 0.15) is 12.6 Å². The van der Waals surface area contributed by atoms with E-state index < -0.39 is 6.04 Å². The molecule has 0 radical (unpaired) electrons. The SMILES string of the molecule is N#CC(NC(=O)[C@@H]1CCCC[C@@H]1NC(=O)Cn1ccc2ccccc21)C1CC1. The molecule has 2 N–H and O–H groups in total. The van der Waals surface area contributed by atoms with Crippen LogP contribution in [0.4, 0.5) is 0 Å². The van der Waals surface area contributed by atoms with Crippen molar-refractivity contribution in [2.45, 2.75) is 57.2 Å².